The predicted molar refractivity (Wildman–Crippen MR) is 145 cm³/mol. The van der Waals surface area contributed by atoms with Crippen LogP contribution < -0.4 is 10.6 Å². The third-order valence-electron chi connectivity index (χ3n) is 5.85. The molecule has 38 heavy (non-hydrogen) atoms. The van der Waals surface area contributed by atoms with E-state index in [1.54, 1.807) is 20.8 Å². The van der Waals surface area contributed by atoms with Crippen LogP contribution in [0.15, 0.2) is 30.3 Å². The zero-order valence-corrected chi connectivity index (χ0v) is 23.8. The molecule has 2 rings (SSSR count). The summed E-state index contributed by atoms with van der Waals surface area (Å²) in [6.07, 6.45) is 0. The molecule has 1 aliphatic rings. The molecular formula is C27H41N3O7S. The first kappa shape index (κ1) is 31.7. The molecule has 0 saturated carbocycles. The summed E-state index contributed by atoms with van der Waals surface area (Å²) in [4.78, 5) is 53.5. The van der Waals surface area contributed by atoms with E-state index >= 15 is 0 Å². The van der Waals surface area contributed by atoms with Gasteiger partial charge in [-0.3, -0.25) is 19.3 Å². The fourth-order valence-corrected chi connectivity index (χ4v) is 4.65. The summed E-state index contributed by atoms with van der Waals surface area (Å²) in [6.45, 7) is 11.5. The van der Waals surface area contributed by atoms with E-state index in [-0.39, 0.29) is 37.4 Å². The van der Waals surface area contributed by atoms with Crippen molar-refractivity contribution in [1.82, 2.24) is 15.5 Å². The largest absolute Gasteiger partial charge is 0.464 e. The van der Waals surface area contributed by atoms with Gasteiger partial charge in [0.25, 0.3) is 0 Å². The maximum absolute atomic E-state index is 13.2. The van der Waals surface area contributed by atoms with Crippen LogP contribution in [0.4, 0.5) is 0 Å². The second kappa shape index (κ2) is 15.8. The lowest BCUT2D eigenvalue weighted by Gasteiger charge is -2.30. The summed E-state index contributed by atoms with van der Waals surface area (Å²) in [5.41, 5.74) is -0.434. The van der Waals surface area contributed by atoms with Gasteiger partial charge in [-0.15, -0.1) is 0 Å². The highest BCUT2D eigenvalue weighted by atomic mass is 32.2. The minimum Gasteiger partial charge on any atom is -0.464 e. The van der Waals surface area contributed by atoms with Crippen LogP contribution in [0.3, 0.4) is 0 Å². The van der Waals surface area contributed by atoms with Crippen molar-refractivity contribution >= 4 is 34.7 Å². The van der Waals surface area contributed by atoms with Crippen molar-refractivity contribution in [1.29, 1.82) is 0 Å². The number of hydrogen-bond acceptors (Lipinski definition) is 9. The van der Waals surface area contributed by atoms with E-state index in [0.717, 1.165) is 17.3 Å². The molecule has 1 aliphatic heterocycles. The van der Waals surface area contributed by atoms with Gasteiger partial charge >= 0.3 is 5.97 Å². The Balaban J connectivity index is 1.97. The van der Waals surface area contributed by atoms with E-state index in [1.807, 2.05) is 49.1 Å². The van der Waals surface area contributed by atoms with Crippen molar-refractivity contribution in [3.8, 4) is 0 Å². The molecule has 11 heteroatoms. The molecule has 0 radical (unpaired) electrons. The smallest absolute Gasteiger partial charge is 0.331 e. The van der Waals surface area contributed by atoms with Gasteiger partial charge in [-0.1, -0.05) is 55.9 Å². The van der Waals surface area contributed by atoms with Crippen LogP contribution in [0.25, 0.3) is 0 Å². The molecule has 2 atom stereocenters. The Morgan fingerprint density at radius 1 is 1.11 bits per heavy atom. The Morgan fingerprint density at radius 2 is 1.76 bits per heavy atom. The Bertz CT molecular complexity index is 921. The standard InChI is InChI=1S/C27H41N3O7S/c1-6-37-25(33)21(18-36-17-20-10-8-7-9-11-20)28-26(34)27(4,5)29-24(32)23(19(2)3)38-22(31)16-30-12-14-35-15-13-30/h7-11,19,21,23H,6,12-18H2,1-5H3,(H,28,34)(H,29,32)/t21?,23-/m0/s1. The number of nitrogens with zero attached hydrogens (tertiary/aromatic N) is 1. The SMILES string of the molecule is CCOC(=O)C(COCc1ccccc1)NC(=O)C(C)(C)NC(=O)[C@@H](SC(=O)CN1CCOCC1)C(C)C. The molecule has 10 nitrogen and oxygen atoms in total. The molecule has 1 fully saturated rings. The molecule has 1 aromatic carbocycles. The maximum atomic E-state index is 13.2. The lowest BCUT2D eigenvalue weighted by Crippen LogP contribution is -2.60. The zero-order valence-electron chi connectivity index (χ0n) is 23.0. The number of thioether (sulfide) groups is 1. The summed E-state index contributed by atoms with van der Waals surface area (Å²) in [5, 5.41) is 4.62. The summed E-state index contributed by atoms with van der Waals surface area (Å²) < 4.78 is 16.1. The van der Waals surface area contributed by atoms with E-state index in [4.69, 9.17) is 14.2 Å². The summed E-state index contributed by atoms with van der Waals surface area (Å²) in [6, 6.07) is 8.40. The first-order valence-electron chi connectivity index (χ1n) is 12.9. The molecular weight excluding hydrogens is 510 g/mol. The van der Waals surface area contributed by atoms with Gasteiger partial charge in [0, 0.05) is 13.1 Å². The number of ether oxygens (including phenoxy) is 3. The highest BCUT2D eigenvalue weighted by Gasteiger charge is 2.37. The molecule has 212 valence electrons. The highest BCUT2D eigenvalue weighted by molar-refractivity contribution is 8.14. The lowest BCUT2D eigenvalue weighted by atomic mass is 10.0. The number of nitrogens with one attached hydrogen (secondary N) is 2. The number of morpholine rings is 1. The molecule has 1 saturated heterocycles. The topological polar surface area (TPSA) is 123 Å². The number of rotatable bonds is 14. The van der Waals surface area contributed by atoms with Crippen LogP contribution >= 0.6 is 11.8 Å². The fraction of sp³-hybridized carbons (Fsp3) is 0.630. The first-order chi connectivity index (χ1) is 18.0. The van der Waals surface area contributed by atoms with E-state index in [9.17, 15) is 19.2 Å². The second-order valence-electron chi connectivity index (χ2n) is 9.94. The Hall–Kier alpha value is -2.47. The van der Waals surface area contributed by atoms with Gasteiger partial charge in [-0.05, 0) is 32.3 Å². The zero-order chi connectivity index (χ0) is 28.1. The van der Waals surface area contributed by atoms with Crippen molar-refractivity contribution in [3.63, 3.8) is 0 Å². The van der Waals surface area contributed by atoms with Crippen LogP contribution in [0.2, 0.25) is 0 Å². The number of carbonyl (C=O) groups is 4. The molecule has 2 amide bonds. The lowest BCUT2D eigenvalue weighted by molar-refractivity contribution is -0.150. The maximum Gasteiger partial charge on any atom is 0.331 e. The van der Waals surface area contributed by atoms with Crippen molar-refractivity contribution in [2.45, 2.75) is 58.1 Å². The molecule has 0 aromatic heterocycles. The number of carbonyl (C=O) groups excluding carboxylic acids is 4. The third-order valence-corrected chi connectivity index (χ3v) is 7.26. The number of amides is 2. The number of esters is 1. The van der Waals surface area contributed by atoms with Crippen LogP contribution in [0.5, 0.6) is 0 Å². The van der Waals surface area contributed by atoms with E-state index in [1.165, 1.54) is 0 Å². The molecule has 2 N–H and O–H groups in total. The Kier molecular flexibility index (Phi) is 13.2. The molecule has 1 heterocycles. The van der Waals surface area contributed by atoms with Gasteiger partial charge in [-0.25, -0.2) is 4.79 Å². The molecule has 0 bridgehead atoms. The summed E-state index contributed by atoms with van der Waals surface area (Å²) >= 11 is 0.982. The molecule has 1 unspecified atom stereocenters. The summed E-state index contributed by atoms with van der Waals surface area (Å²) in [7, 11) is 0. The quantitative estimate of drug-likeness (QED) is 0.333. The van der Waals surface area contributed by atoms with Crippen molar-refractivity contribution in [2.24, 2.45) is 5.92 Å². The van der Waals surface area contributed by atoms with Crippen LogP contribution in [-0.4, -0.2) is 90.7 Å². The Labute approximate surface area is 229 Å². The highest BCUT2D eigenvalue weighted by Crippen LogP contribution is 2.22. The number of hydrogen-bond donors (Lipinski definition) is 2. The molecule has 1 aromatic rings. The van der Waals surface area contributed by atoms with Crippen LogP contribution in [0, 0.1) is 5.92 Å². The Morgan fingerprint density at radius 3 is 2.37 bits per heavy atom. The number of benzene rings is 1. The average Bonchev–Trinajstić information content (AvgIpc) is 2.87. The van der Waals surface area contributed by atoms with Crippen molar-refractivity contribution < 1.29 is 33.4 Å². The van der Waals surface area contributed by atoms with Gasteiger partial charge in [0.05, 0.1) is 44.8 Å². The summed E-state index contributed by atoms with van der Waals surface area (Å²) in [5.74, 6) is -1.76. The van der Waals surface area contributed by atoms with Crippen LogP contribution in [-0.2, 0) is 40.0 Å². The van der Waals surface area contributed by atoms with Gasteiger partial charge in [0.1, 0.15) is 5.54 Å². The van der Waals surface area contributed by atoms with Gasteiger partial charge in [-0.2, -0.15) is 0 Å². The van der Waals surface area contributed by atoms with Gasteiger partial charge in [0.2, 0.25) is 16.9 Å². The van der Waals surface area contributed by atoms with E-state index < -0.39 is 34.6 Å². The minimum atomic E-state index is -1.36. The molecule has 0 aliphatic carbocycles. The minimum absolute atomic E-state index is 0.0932. The molecule has 0 spiro atoms. The first-order valence-corrected chi connectivity index (χ1v) is 13.8. The monoisotopic (exact) mass is 551 g/mol. The fourth-order valence-electron chi connectivity index (χ4n) is 3.67. The van der Waals surface area contributed by atoms with E-state index in [0.29, 0.717) is 26.3 Å². The van der Waals surface area contributed by atoms with Crippen LogP contribution in [0.1, 0.15) is 40.2 Å². The van der Waals surface area contributed by atoms with Crippen molar-refractivity contribution in [2.75, 3.05) is 46.1 Å². The average molecular weight is 552 g/mol. The van der Waals surface area contributed by atoms with Crippen molar-refractivity contribution in [3.05, 3.63) is 35.9 Å². The predicted octanol–water partition coefficient (Wildman–Crippen LogP) is 1.76. The second-order valence-corrected chi connectivity index (χ2v) is 11.1. The van der Waals surface area contributed by atoms with Gasteiger partial charge in [0.15, 0.2) is 6.04 Å². The van der Waals surface area contributed by atoms with Gasteiger partial charge < -0.3 is 24.8 Å². The van der Waals surface area contributed by atoms with E-state index in [2.05, 4.69) is 10.6 Å². The third kappa shape index (κ3) is 10.7. The normalized spacial score (nSPS) is 15.9.